The molecule has 0 aromatic carbocycles. The first-order valence-electron chi connectivity index (χ1n) is 8.72. The number of anilines is 1. The van der Waals surface area contributed by atoms with Crippen LogP contribution in [-0.4, -0.2) is 28.5 Å². The molecule has 1 aliphatic heterocycles. The monoisotopic (exact) mass is 316 g/mol. The molecule has 0 spiro atoms. The Kier molecular flexibility index (Phi) is 6.09. The average molecular weight is 316 g/mol. The highest BCUT2D eigenvalue weighted by Crippen LogP contribution is 2.22. The molecule has 0 saturated carbocycles. The van der Waals surface area contributed by atoms with Crippen molar-refractivity contribution in [2.75, 3.05) is 18.8 Å². The summed E-state index contributed by atoms with van der Waals surface area (Å²) in [4.78, 5) is 14.6. The van der Waals surface area contributed by atoms with Crippen LogP contribution in [-0.2, 0) is 17.8 Å². The van der Waals surface area contributed by atoms with E-state index in [0.717, 1.165) is 50.9 Å². The molecule has 126 valence electrons. The number of likely N-dealkylation sites (tertiary alicyclic amines) is 1. The van der Waals surface area contributed by atoms with Gasteiger partial charge in [-0.1, -0.05) is 26.7 Å². The molecule has 1 fully saturated rings. The third kappa shape index (κ3) is 4.28. The van der Waals surface area contributed by atoms with Gasteiger partial charge in [-0.15, -0.1) is 0 Å². The maximum Gasteiger partial charge on any atom is 0.242 e. The molecule has 0 radical (unpaired) electrons. The Morgan fingerprint density at radius 1 is 1.48 bits per heavy atom. The van der Waals surface area contributed by atoms with Gasteiger partial charge in [-0.3, -0.25) is 4.79 Å². The van der Waals surface area contributed by atoms with Gasteiger partial charge in [-0.05, 0) is 37.7 Å². The lowest BCUT2D eigenvalue weighted by atomic mass is 10.0. The summed E-state index contributed by atoms with van der Waals surface area (Å²) in [5.41, 5.74) is 8.15. The Bertz CT molecular complexity index is 585. The van der Waals surface area contributed by atoms with Gasteiger partial charge in [0.15, 0.2) is 0 Å². The Hall–Kier alpha value is -1.96. The summed E-state index contributed by atoms with van der Waals surface area (Å²) < 4.78 is 1.83. The number of carbonyl (C=O) groups is 1. The molecule has 0 aliphatic carbocycles. The van der Waals surface area contributed by atoms with Crippen LogP contribution in [0.3, 0.4) is 0 Å². The second-order valence-electron chi connectivity index (χ2n) is 6.67. The van der Waals surface area contributed by atoms with Gasteiger partial charge in [0.05, 0.1) is 5.69 Å². The molecule has 5 nitrogen and oxygen atoms in total. The second-order valence-corrected chi connectivity index (χ2v) is 6.67. The predicted octanol–water partition coefficient (Wildman–Crippen LogP) is 2.93. The van der Waals surface area contributed by atoms with E-state index in [-0.39, 0.29) is 12.5 Å². The fourth-order valence-electron chi connectivity index (χ4n) is 3.36. The van der Waals surface area contributed by atoms with Crippen molar-refractivity contribution in [3.63, 3.8) is 0 Å². The number of nitriles is 1. The normalized spacial score (nSPS) is 18.0. The van der Waals surface area contributed by atoms with Gasteiger partial charge in [0.2, 0.25) is 5.91 Å². The predicted molar refractivity (Wildman–Crippen MR) is 91.8 cm³/mol. The lowest BCUT2D eigenvalue weighted by Crippen LogP contribution is -2.41. The summed E-state index contributed by atoms with van der Waals surface area (Å²) in [6.07, 6.45) is 6.37. The molecule has 2 heterocycles. The smallest absolute Gasteiger partial charge is 0.242 e. The van der Waals surface area contributed by atoms with Crippen LogP contribution in [0.1, 0.15) is 57.3 Å². The Labute approximate surface area is 139 Å². The first-order chi connectivity index (χ1) is 11.1. The number of amides is 1. The molecule has 0 bridgehead atoms. The fraction of sp³-hybridized carbons (Fsp3) is 0.667. The largest absolute Gasteiger partial charge is 0.397 e. The van der Waals surface area contributed by atoms with E-state index in [4.69, 9.17) is 5.73 Å². The van der Waals surface area contributed by atoms with E-state index in [1.165, 1.54) is 6.42 Å². The highest BCUT2D eigenvalue weighted by molar-refractivity contribution is 5.77. The van der Waals surface area contributed by atoms with Crippen molar-refractivity contribution in [2.24, 2.45) is 5.92 Å². The van der Waals surface area contributed by atoms with Crippen LogP contribution >= 0.6 is 0 Å². The van der Waals surface area contributed by atoms with Crippen LogP contribution in [0.15, 0.2) is 6.07 Å². The highest BCUT2D eigenvalue weighted by Gasteiger charge is 2.23. The van der Waals surface area contributed by atoms with Crippen molar-refractivity contribution in [2.45, 2.75) is 58.9 Å². The van der Waals surface area contributed by atoms with Crippen molar-refractivity contribution in [1.29, 1.82) is 5.26 Å². The van der Waals surface area contributed by atoms with Crippen molar-refractivity contribution in [3.8, 4) is 6.07 Å². The van der Waals surface area contributed by atoms with Crippen molar-refractivity contribution < 1.29 is 4.79 Å². The number of rotatable bonds is 6. The third-order valence-corrected chi connectivity index (χ3v) is 4.68. The van der Waals surface area contributed by atoms with Crippen LogP contribution in [0.2, 0.25) is 0 Å². The molecule has 1 aromatic rings. The summed E-state index contributed by atoms with van der Waals surface area (Å²) in [5.74, 6) is 0.655. The van der Waals surface area contributed by atoms with Crippen molar-refractivity contribution >= 4 is 11.6 Å². The molecule has 23 heavy (non-hydrogen) atoms. The molecule has 2 rings (SSSR count). The fourth-order valence-corrected chi connectivity index (χ4v) is 3.36. The van der Waals surface area contributed by atoms with Crippen LogP contribution < -0.4 is 5.73 Å². The van der Waals surface area contributed by atoms with E-state index in [9.17, 15) is 10.1 Å². The summed E-state index contributed by atoms with van der Waals surface area (Å²) in [5, 5.41) is 9.34. The minimum absolute atomic E-state index is 0.0976. The first kappa shape index (κ1) is 17.4. The molecular formula is C18H28N4O. The first-order valence-corrected chi connectivity index (χ1v) is 8.72. The van der Waals surface area contributed by atoms with Crippen LogP contribution in [0.5, 0.6) is 0 Å². The van der Waals surface area contributed by atoms with E-state index >= 15 is 0 Å². The van der Waals surface area contributed by atoms with Gasteiger partial charge in [0, 0.05) is 18.8 Å². The maximum atomic E-state index is 12.6. The lowest BCUT2D eigenvalue weighted by molar-refractivity contribution is -0.133. The second kappa shape index (κ2) is 8.05. The molecule has 1 aliphatic rings. The summed E-state index contributed by atoms with van der Waals surface area (Å²) in [7, 11) is 0. The van der Waals surface area contributed by atoms with Gasteiger partial charge in [-0.25, -0.2) is 0 Å². The number of hydrogen-bond acceptors (Lipinski definition) is 3. The number of hydrogen-bond donors (Lipinski definition) is 1. The third-order valence-electron chi connectivity index (χ3n) is 4.68. The van der Waals surface area contributed by atoms with Gasteiger partial charge >= 0.3 is 0 Å². The summed E-state index contributed by atoms with van der Waals surface area (Å²) in [6.45, 7) is 6.22. The minimum atomic E-state index is 0.0976. The lowest BCUT2D eigenvalue weighted by Gasteiger charge is -2.31. The van der Waals surface area contributed by atoms with Gasteiger partial charge in [0.1, 0.15) is 18.3 Å². The van der Waals surface area contributed by atoms with E-state index < -0.39 is 0 Å². The molecule has 1 amide bonds. The number of nitrogens with zero attached hydrogens (tertiary/aromatic N) is 3. The standard InChI is InChI=1S/C18H28N4O/c1-3-4-5-8-17-16(20)10-15(11-19)22(17)13-18(23)21-9-6-7-14(2)12-21/h10,14H,3-9,12-13,20H2,1-2H3. The van der Waals surface area contributed by atoms with Crippen molar-refractivity contribution in [1.82, 2.24) is 9.47 Å². The molecule has 1 atom stereocenters. The molecule has 5 heteroatoms. The molecule has 2 N–H and O–H groups in total. The Morgan fingerprint density at radius 3 is 2.91 bits per heavy atom. The molecule has 1 saturated heterocycles. The molecule has 1 unspecified atom stereocenters. The zero-order chi connectivity index (χ0) is 16.8. The number of nitrogens with two attached hydrogens (primary N) is 1. The SMILES string of the molecule is CCCCCc1c(N)cc(C#N)n1CC(=O)N1CCCC(C)C1. The summed E-state index contributed by atoms with van der Waals surface area (Å²) >= 11 is 0. The zero-order valence-corrected chi connectivity index (χ0v) is 14.3. The quantitative estimate of drug-likeness (QED) is 0.820. The van der Waals surface area contributed by atoms with Crippen molar-refractivity contribution in [3.05, 3.63) is 17.5 Å². The van der Waals surface area contributed by atoms with Gasteiger partial charge < -0.3 is 15.2 Å². The molecule has 1 aromatic heterocycles. The molecular weight excluding hydrogens is 288 g/mol. The van der Waals surface area contributed by atoms with E-state index in [0.29, 0.717) is 17.3 Å². The van der Waals surface area contributed by atoms with E-state index in [1.807, 2.05) is 9.47 Å². The maximum absolute atomic E-state index is 12.6. The van der Waals surface area contributed by atoms with Crippen LogP contribution in [0.4, 0.5) is 5.69 Å². The van der Waals surface area contributed by atoms with Gasteiger partial charge in [0.25, 0.3) is 0 Å². The number of piperidine rings is 1. The number of aromatic nitrogens is 1. The van der Waals surface area contributed by atoms with E-state index in [1.54, 1.807) is 6.07 Å². The minimum Gasteiger partial charge on any atom is -0.397 e. The average Bonchev–Trinajstić information content (AvgIpc) is 2.83. The van der Waals surface area contributed by atoms with Crippen LogP contribution in [0, 0.1) is 17.2 Å². The summed E-state index contributed by atoms with van der Waals surface area (Å²) in [6, 6.07) is 3.88. The number of nitrogen functional groups attached to an aromatic ring is 1. The Balaban J connectivity index is 2.13. The highest BCUT2D eigenvalue weighted by atomic mass is 16.2. The Morgan fingerprint density at radius 2 is 2.26 bits per heavy atom. The number of unbranched alkanes of at least 4 members (excludes halogenated alkanes) is 2. The topological polar surface area (TPSA) is 75.0 Å². The number of carbonyl (C=O) groups excluding carboxylic acids is 1. The zero-order valence-electron chi connectivity index (χ0n) is 14.3. The van der Waals surface area contributed by atoms with Crippen LogP contribution in [0.25, 0.3) is 0 Å². The van der Waals surface area contributed by atoms with E-state index in [2.05, 4.69) is 19.9 Å². The van der Waals surface area contributed by atoms with Gasteiger partial charge in [-0.2, -0.15) is 5.26 Å².